The molecule has 0 aliphatic carbocycles. The van der Waals surface area contributed by atoms with Gasteiger partial charge in [0.2, 0.25) is 0 Å². The average Bonchev–Trinajstić information content (AvgIpc) is 2.69. The summed E-state index contributed by atoms with van der Waals surface area (Å²) in [6, 6.07) is 6.83. The monoisotopic (exact) mass is 247 g/mol. The van der Waals surface area contributed by atoms with Crippen LogP contribution in [0.4, 0.5) is 4.39 Å². The fourth-order valence-electron chi connectivity index (χ4n) is 1.80. The minimum atomic E-state index is -0.228. The lowest BCUT2D eigenvalue weighted by Crippen LogP contribution is -2.22. The molecule has 0 radical (unpaired) electrons. The van der Waals surface area contributed by atoms with Crippen LogP contribution in [-0.2, 0) is 6.54 Å². The van der Waals surface area contributed by atoms with Gasteiger partial charge in [-0.2, -0.15) is 0 Å². The van der Waals surface area contributed by atoms with Gasteiger partial charge in [-0.25, -0.2) is 9.37 Å². The first kappa shape index (κ1) is 12.8. The van der Waals surface area contributed by atoms with E-state index in [1.54, 1.807) is 12.1 Å². The van der Waals surface area contributed by atoms with Crippen LogP contribution in [0.1, 0.15) is 25.4 Å². The summed E-state index contributed by atoms with van der Waals surface area (Å²) in [5.74, 6) is 0.675. The van der Waals surface area contributed by atoms with Crippen molar-refractivity contribution in [1.82, 2.24) is 15.3 Å². The van der Waals surface area contributed by atoms with Crippen LogP contribution in [-0.4, -0.2) is 16.0 Å². The first-order valence-corrected chi connectivity index (χ1v) is 6.11. The van der Waals surface area contributed by atoms with E-state index in [2.05, 4.69) is 29.1 Å². The molecular weight excluding hydrogens is 229 g/mol. The molecule has 2 N–H and O–H groups in total. The van der Waals surface area contributed by atoms with Crippen LogP contribution in [0.5, 0.6) is 0 Å². The molecular formula is C14H18FN3. The lowest BCUT2D eigenvalue weighted by Gasteiger charge is -2.04. The Morgan fingerprint density at radius 3 is 2.56 bits per heavy atom. The maximum atomic E-state index is 12.9. The van der Waals surface area contributed by atoms with E-state index in [-0.39, 0.29) is 5.82 Å². The first-order valence-electron chi connectivity index (χ1n) is 6.11. The third-order valence-corrected chi connectivity index (χ3v) is 2.73. The molecule has 2 rings (SSSR count). The van der Waals surface area contributed by atoms with E-state index in [4.69, 9.17) is 0 Å². The van der Waals surface area contributed by atoms with Crippen LogP contribution in [0.2, 0.25) is 0 Å². The van der Waals surface area contributed by atoms with Gasteiger partial charge < -0.3 is 10.3 Å². The number of nitrogens with one attached hydrogen (secondary N) is 2. The van der Waals surface area contributed by atoms with Gasteiger partial charge >= 0.3 is 0 Å². The fourth-order valence-corrected chi connectivity index (χ4v) is 1.80. The summed E-state index contributed by atoms with van der Waals surface area (Å²) in [7, 11) is 0. The second-order valence-corrected chi connectivity index (χ2v) is 4.70. The number of H-pyrrole nitrogens is 1. The van der Waals surface area contributed by atoms with Crippen molar-refractivity contribution < 1.29 is 4.39 Å². The summed E-state index contributed by atoms with van der Waals surface area (Å²) in [4.78, 5) is 7.79. The van der Waals surface area contributed by atoms with Crippen LogP contribution < -0.4 is 5.32 Å². The quantitative estimate of drug-likeness (QED) is 0.872. The zero-order valence-corrected chi connectivity index (χ0v) is 10.9. The van der Waals surface area contributed by atoms with Crippen LogP contribution >= 0.6 is 0 Å². The molecule has 0 fully saturated rings. The van der Waals surface area contributed by atoms with E-state index < -0.39 is 0 Å². The van der Waals surface area contributed by atoms with Crippen molar-refractivity contribution in [3.8, 4) is 11.3 Å². The molecule has 0 aliphatic rings. The number of halogens is 1. The van der Waals surface area contributed by atoms with E-state index in [9.17, 15) is 4.39 Å². The molecule has 4 heteroatoms. The highest BCUT2D eigenvalue weighted by molar-refractivity contribution is 5.61. The number of imidazole rings is 1. The number of benzene rings is 1. The normalized spacial score (nSPS) is 11.2. The van der Waals surface area contributed by atoms with Gasteiger partial charge in [0.25, 0.3) is 0 Å². The Morgan fingerprint density at radius 1 is 1.28 bits per heavy atom. The van der Waals surface area contributed by atoms with Gasteiger partial charge in [0.05, 0.1) is 12.2 Å². The van der Waals surface area contributed by atoms with E-state index in [0.29, 0.717) is 12.6 Å². The van der Waals surface area contributed by atoms with Gasteiger partial charge in [0.15, 0.2) is 0 Å². The third kappa shape index (κ3) is 2.96. The Balaban J connectivity index is 2.21. The molecule has 0 unspecified atom stereocenters. The Morgan fingerprint density at radius 2 is 1.94 bits per heavy atom. The summed E-state index contributed by atoms with van der Waals surface area (Å²) < 4.78 is 12.9. The second kappa shape index (κ2) is 5.31. The van der Waals surface area contributed by atoms with E-state index in [0.717, 1.165) is 22.8 Å². The SMILES string of the molecule is Cc1[nH]c(CNC(C)C)nc1-c1ccc(F)cc1. The zero-order valence-electron chi connectivity index (χ0n) is 10.9. The molecule has 0 saturated heterocycles. The molecule has 0 atom stereocenters. The van der Waals surface area contributed by atoms with Crippen molar-refractivity contribution in [2.24, 2.45) is 0 Å². The largest absolute Gasteiger partial charge is 0.344 e. The zero-order chi connectivity index (χ0) is 13.1. The maximum Gasteiger partial charge on any atom is 0.123 e. The van der Waals surface area contributed by atoms with E-state index in [1.165, 1.54) is 12.1 Å². The summed E-state index contributed by atoms with van der Waals surface area (Å²) in [5.41, 5.74) is 2.82. The maximum absolute atomic E-state index is 12.9. The van der Waals surface area contributed by atoms with Crippen LogP contribution in [0.3, 0.4) is 0 Å². The minimum absolute atomic E-state index is 0.228. The smallest absolute Gasteiger partial charge is 0.123 e. The molecule has 1 aromatic carbocycles. The molecule has 18 heavy (non-hydrogen) atoms. The molecule has 0 bridgehead atoms. The molecule has 0 saturated carbocycles. The lowest BCUT2D eigenvalue weighted by atomic mass is 10.1. The van der Waals surface area contributed by atoms with Crippen molar-refractivity contribution in [1.29, 1.82) is 0 Å². The lowest BCUT2D eigenvalue weighted by molar-refractivity contribution is 0.575. The van der Waals surface area contributed by atoms with Crippen molar-refractivity contribution in [3.63, 3.8) is 0 Å². The molecule has 3 nitrogen and oxygen atoms in total. The molecule has 0 amide bonds. The number of aryl methyl sites for hydroxylation is 1. The summed E-state index contributed by atoms with van der Waals surface area (Å²) in [6.07, 6.45) is 0. The molecule has 0 spiro atoms. The number of aromatic nitrogens is 2. The third-order valence-electron chi connectivity index (χ3n) is 2.73. The second-order valence-electron chi connectivity index (χ2n) is 4.70. The fraction of sp³-hybridized carbons (Fsp3) is 0.357. The van der Waals surface area contributed by atoms with Gasteiger partial charge in [-0.15, -0.1) is 0 Å². The van der Waals surface area contributed by atoms with Crippen molar-refractivity contribution in [2.45, 2.75) is 33.4 Å². The highest BCUT2D eigenvalue weighted by atomic mass is 19.1. The van der Waals surface area contributed by atoms with Crippen molar-refractivity contribution in [3.05, 3.63) is 41.6 Å². The number of nitrogens with zero attached hydrogens (tertiary/aromatic N) is 1. The number of aromatic amines is 1. The van der Waals surface area contributed by atoms with Crippen LogP contribution in [0.25, 0.3) is 11.3 Å². The number of hydrogen-bond acceptors (Lipinski definition) is 2. The van der Waals surface area contributed by atoms with Gasteiger partial charge in [0.1, 0.15) is 11.6 Å². The van der Waals surface area contributed by atoms with Crippen LogP contribution in [0, 0.1) is 12.7 Å². The Bertz CT molecular complexity index is 514. The Labute approximate surface area is 106 Å². The average molecular weight is 247 g/mol. The molecule has 1 heterocycles. The first-order chi connectivity index (χ1) is 8.56. The number of rotatable bonds is 4. The van der Waals surface area contributed by atoms with Gasteiger partial charge in [-0.3, -0.25) is 0 Å². The Hall–Kier alpha value is -1.68. The molecule has 96 valence electrons. The summed E-state index contributed by atoms with van der Waals surface area (Å²) >= 11 is 0. The van der Waals surface area contributed by atoms with Gasteiger partial charge in [-0.05, 0) is 31.2 Å². The number of hydrogen-bond donors (Lipinski definition) is 2. The standard InChI is InChI=1S/C14H18FN3/c1-9(2)16-8-13-17-10(3)14(18-13)11-4-6-12(15)7-5-11/h4-7,9,16H,8H2,1-3H3,(H,17,18). The predicted octanol–water partition coefficient (Wildman–Crippen LogP) is 3.02. The van der Waals surface area contributed by atoms with E-state index >= 15 is 0 Å². The minimum Gasteiger partial charge on any atom is -0.344 e. The van der Waals surface area contributed by atoms with Crippen molar-refractivity contribution in [2.75, 3.05) is 0 Å². The van der Waals surface area contributed by atoms with Gasteiger partial charge in [-0.1, -0.05) is 13.8 Å². The highest BCUT2D eigenvalue weighted by Crippen LogP contribution is 2.21. The van der Waals surface area contributed by atoms with Crippen molar-refractivity contribution >= 4 is 0 Å². The summed E-state index contributed by atoms with van der Waals surface area (Å²) in [6.45, 7) is 6.87. The molecule has 2 aromatic rings. The summed E-state index contributed by atoms with van der Waals surface area (Å²) in [5, 5.41) is 3.31. The molecule has 0 aliphatic heterocycles. The Kier molecular flexibility index (Phi) is 3.77. The van der Waals surface area contributed by atoms with Crippen LogP contribution in [0.15, 0.2) is 24.3 Å². The van der Waals surface area contributed by atoms with Gasteiger partial charge in [0, 0.05) is 17.3 Å². The van der Waals surface area contributed by atoms with E-state index in [1.807, 2.05) is 6.92 Å². The topological polar surface area (TPSA) is 40.7 Å². The highest BCUT2D eigenvalue weighted by Gasteiger charge is 2.09. The predicted molar refractivity (Wildman–Crippen MR) is 70.7 cm³/mol. The molecule has 1 aromatic heterocycles.